The van der Waals surface area contributed by atoms with Crippen molar-refractivity contribution in [2.45, 2.75) is 34.1 Å². The Morgan fingerprint density at radius 1 is 1.13 bits per heavy atom. The van der Waals surface area contributed by atoms with Gasteiger partial charge in [0, 0.05) is 0 Å². The summed E-state index contributed by atoms with van der Waals surface area (Å²) in [4.78, 5) is 0. The first-order chi connectivity index (χ1) is 10.6. The van der Waals surface area contributed by atoms with Gasteiger partial charge in [0.15, 0.2) is 0 Å². The van der Waals surface area contributed by atoms with Gasteiger partial charge in [0.05, 0.1) is 0 Å². The average molecular weight is 383 g/mol. The standard InChI is InChI=1S/C9H13.C7H6.C5H5.CH3.Zr/c1-6-5-7(2)9(4)8(6)3;1-7-5-3-2-4-6-7;1-2-4-5-3-1;;/h6H,1-4H3;1-6H;1-3H,4H2;1H3;/q-1;;2*-1;. The van der Waals surface area contributed by atoms with Gasteiger partial charge in [-0.1, -0.05) is 26.7 Å². The molecular weight excluding hydrogens is 355 g/mol. The third-order valence-electron chi connectivity index (χ3n) is 3.79. The Labute approximate surface area is 158 Å². The van der Waals surface area contributed by atoms with Gasteiger partial charge in [-0.25, -0.2) is 17.7 Å². The van der Waals surface area contributed by atoms with Crippen molar-refractivity contribution < 1.29 is 24.2 Å². The van der Waals surface area contributed by atoms with Crippen molar-refractivity contribution in [3.8, 4) is 0 Å². The third-order valence-corrected chi connectivity index (χ3v) is 4.61. The molecule has 2 aliphatic rings. The summed E-state index contributed by atoms with van der Waals surface area (Å²) in [7, 11) is 0. The fourth-order valence-electron chi connectivity index (χ4n) is 2.05. The second kappa shape index (κ2) is 12.4. The Kier molecular flexibility index (Phi) is 11.8. The molecule has 0 aliphatic heterocycles. The second-order valence-corrected chi connectivity index (χ2v) is 6.07. The molecule has 0 bridgehead atoms. The summed E-state index contributed by atoms with van der Waals surface area (Å²) < 4.78 is 2.17. The predicted molar refractivity (Wildman–Crippen MR) is 99.6 cm³/mol. The van der Waals surface area contributed by atoms with Crippen LogP contribution in [-0.4, -0.2) is 3.71 Å². The molecule has 0 amide bonds. The summed E-state index contributed by atoms with van der Waals surface area (Å²) in [6, 6.07) is 10.3. The minimum atomic E-state index is 0. The van der Waals surface area contributed by atoms with Gasteiger partial charge in [0.25, 0.3) is 0 Å². The van der Waals surface area contributed by atoms with Crippen LogP contribution in [0.4, 0.5) is 0 Å². The number of hydrogen-bond donors (Lipinski definition) is 0. The monoisotopic (exact) mass is 381 g/mol. The zero-order valence-electron chi connectivity index (χ0n) is 15.0. The van der Waals surface area contributed by atoms with Crippen LogP contribution in [0.5, 0.6) is 0 Å². The van der Waals surface area contributed by atoms with Crippen molar-refractivity contribution >= 4 is 3.71 Å². The average Bonchev–Trinajstić information content (AvgIpc) is 3.19. The van der Waals surface area contributed by atoms with Crippen LogP contribution in [0.1, 0.15) is 39.7 Å². The van der Waals surface area contributed by atoms with Crippen LogP contribution in [0.25, 0.3) is 0 Å². The van der Waals surface area contributed by atoms with Crippen LogP contribution in [-0.2, 0) is 24.2 Å². The van der Waals surface area contributed by atoms with Gasteiger partial charge in [-0.15, -0.1) is 13.3 Å². The Morgan fingerprint density at radius 3 is 2.00 bits per heavy atom. The number of benzene rings is 1. The van der Waals surface area contributed by atoms with Crippen molar-refractivity contribution in [3.63, 3.8) is 0 Å². The molecule has 1 aromatic rings. The molecule has 0 aromatic heterocycles. The fraction of sp³-hybridized carbons (Fsp3) is 0.273. The first-order valence-electron chi connectivity index (χ1n) is 7.61. The van der Waals surface area contributed by atoms with Crippen molar-refractivity contribution in [2.75, 3.05) is 0 Å². The quantitative estimate of drug-likeness (QED) is 0.534. The molecule has 1 unspecified atom stereocenters. The minimum absolute atomic E-state index is 0. The number of allylic oxidation sites excluding steroid dienone is 8. The van der Waals surface area contributed by atoms with E-state index in [1.54, 1.807) is 0 Å². The summed E-state index contributed by atoms with van der Waals surface area (Å²) in [5, 5.41) is 0. The SMILES string of the molecule is CC1=[C-]C(C)C(C)=C1C.[C-]1=CC=CC1.[CH3-].[Zr]=[CH]c1ccccc1. The Bertz CT molecular complexity index is 576. The molecule has 0 saturated heterocycles. The van der Waals surface area contributed by atoms with Crippen LogP contribution >= 0.6 is 0 Å². The molecule has 0 radical (unpaired) electrons. The van der Waals surface area contributed by atoms with E-state index in [4.69, 9.17) is 0 Å². The van der Waals surface area contributed by atoms with Crippen LogP contribution in [0.2, 0.25) is 0 Å². The Morgan fingerprint density at radius 2 is 1.78 bits per heavy atom. The first-order valence-corrected chi connectivity index (χ1v) is 9.03. The van der Waals surface area contributed by atoms with Crippen LogP contribution in [0, 0.1) is 25.5 Å². The predicted octanol–water partition coefficient (Wildman–Crippen LogP) is 5.86. The van der Waals surface area contributed by atoms with Gasteiger partial charge >= 0.3 is 63.8 Å². The van der Waals surface area contributed by atoms with Gasteiger partial charge in [-0.2, -0.15) is 17.2 Å². The van der Waals surface area contributed by atoms with Crippen molar-refractivity contribution in [2.24, 2.45) is 5.92 Å². The van der Waals surface area contributed by atoms with E-state index in [1.165, 1.54) is 46.5 Å². The molecule has 1 atom stereocenters. The Hall–Kier alpha value is -1.07. The van der Waals surface area contributed by atoms with Gasteiger partial charge in [0.2, 0.25) is 0 Å². The van der Waals surface area contributed by atoms with E-state index in [0.29, 0.717) is 5.92 Å². The van der Waals surface area contributed by atoms with Gasteiger partial charge in [0.1, 0.15) is 0 Å². The first kappa shape index (κ1) is 21.9. The van der Waals surface area contributed by atoms with E-state index >= 15 is 0 Å². The number of rotatable bonds is 1. The van der Waals surface area contributed by atoms with Crippen LogP contribution < -0.4 is 0 Å². The topological polar surface area (TPSA) is 0 Å². The van der Waals surface area contributed by atoms with E-state index in [2.05, 4.69) is 73.9 Å². The number of hydrogen-bond acceptors (Lipinski definition) is 0. The second-order valence-electron chi connectivity index (χ2n) is 5.36. The zero-order chi connectivity index (χ0) is 16.4. The maximum atomic E-state index is 3.36. The molecular formula is C22H27Zr-3. The molecule has 1 heteroatoms. The fourth-order valence-corrected chi connectivity index (χ4v) is 2.52. The molecule has 0 fully saturated rings. The molecule has 1 aromatic carbocycles. The van der Waals surface area contributed by atoms with E-state index in [-0.39, 0.29) is 7.43 Å². The van der Waals surface area contributed by atoms with Crippen molar-refractivity contribution in [1.29, 1.82) is 0 Å². The van der Waals surface area contributed by atoms with E-state index in [1.807, 2.05) is 18.2 Å². The third kappa shape index (κ3) is 8.37. The molecule has 3 rings (SSSR count). The van der Waals surface area contributed by atoms with Gasteiger partial charge in [-0.3, -0.25) is 12.2 Å². The van der Waals surface area contributed by atoms with E-state index in [9.17, 15) is 0 Å². The summed E-state index contributed by atoms with van der Waals surface area (Å²) in [6.07, 6.45) is 13.4. The maximum absolute atomic E-state index is 3.36. The van der Waals surface area contributed by atoms with Crippen molar-refractivity contribution in [3.05, 3.63) is 90.4 Å². The molecule has 0 nitrogen and oxygen atoms in total. The normalized spacial score (nSPS) is 17.3. The molecule has 23 heavy (non-hydrogen) atoms. The molecule has 2 aliphatic carbocycles. The van der Waals surface area contributed by atoms with E-state index in [0.717, 1.165) is 6.42 Å². The summed E-state index contributed by atoms with van der Waals surface area (Å²) >= 11 is 1.46. The molecule has 122 valence electrons. The van der Waals surface area contributed by atoms with E-state index < -0.39 is 0 Å². The van der Waals surface area contributed by atoms with Crippen LogP contribution in [0.15, 0.2) is 65.3 Å². The molecule has 0 heterocycles. The summed E-state index contributed by atoms with van der Waals surface area (Å²) in [5.41, 5.74) is 5.57. The molecule has 0 saturated carbocycles. The molecule has 0 N–H and O–H groups in total. The summed E-state index contributed by atoms with van der Waals surface area (Å²) in [5.74, 6) is 0.560. The molecule has 0 spiro atoms. The van der Waals surface area contributed by atoms with Crippen LogP contribution in [0.3, 0.4) is 0 Å². The Balaban J connectivity index is 0.000000320. The summed E-state index contributed by atoms with van der Waals surface area (Å²) in [6.45, 7) is 8.67. The van der Waals surface area contributed by atoms with Gasteiger partial charge < -0.3 is 7.43 Å². The van der Waals surface area contributed by atoms with Crippen molar-refractivity contribution in [1.82, 2.24) is 0 Å². The zero-order valence-corrected chi connectivity index (χ0v) is 17.4. The van der Waals surface area contributed by atoms with Gasteiger partial charge in [-0.05, 0) is 0 Å².